The van der Waals surface area contributed by atoms with Crippen molar-refractivity contribution in [1.82, 2.24) is 14.8 Å². The Bertz CT molecular complexity index is 644. The molecule has 2 aromatic rings. The molecule has 0 bridgehead atoms. The molecular weight excluding hydrogens is 250 g/mol. The highest BCUT2D eigenvalue weighted by Crippen LogP contribution is 2.16. The minimum absolute atomic E-state index is 0.0591. The fourth-order valence-electron chi connectivity index (χ4n) is 1.54. The molecule has 0 unspecified atom stereocenters. The minimum atomic E-state index is -0.855. The molecule has 19 heavy (non-hydrogen) atoms. The van der Waals surface area contributed by atoms with E-state index in [0.29, 0.717) is 24.3 Å². The number of aliphatic carboxylic acids is 1. The summed E-state index contributed by atoms with van der Waals surface area (Å²) in [6.07, 6.45) is 2.52. The first-order valence-electron chi connectivity index (χ1n) is 5.77. The van der Waals surface area contributed by atoms with Crippen LogP contribution in [0.5, 0.6) is 0 Å². The second-order valence-electron chi connectivity index (χ2n) is 4.11. The molecule has 7 nitrogen and oxygen atoms in total. The molecule has 0 aliphatic carbocycles. The number of carboxylic acid groups (broad SMARTS) is 1. The van der Waals surface area contributed by atoms with Gasteiger partial charge < -0.3 is 14.1 Å². The number of nitrogens with zero attached hydrogens (tertiary/aromatic N) is 3. The van der Waals surface area contributed by atoms with E-state index in [0.717, 1.165) is 0 Å². The Balaban J connectivity index is 2.09. The molecule has 0 amide bonds. The first-order valence-corrected chi connectivity index (χ1v) is 5.77. The van der Waals surface area contributed by atoms with E-state index in [1.54, 1.807) is 19.3 Å². The largest absolute Gasteiger partial charge is 0.481 e. The highest BCUT2D eigenvalue weighted by Gasteiger charge is 2.09. The maximum absolute atomic E-state index is 11.5. The predicted octanol–water partition coefficient (Wildman–Crippen LogP) is 0.843. The van der Waals surface area contributed by atoms with Crippen molar-refractivity contribution < 1.29 is 14.3 Å². The molecule has 0 aliphatic rings. The number of pyridine rings is 1. The Morgan fingerprint density at radius 2 is 2.26 bits per heavy atom. The van der Waals surface area contributed by atoms with E-state index < -0.39 is 5.97 Å². The van der Waals surface area contributed by atoms with Gasteiger partial charge in [-0.2, -0.15) is 0 Å². The Morgan fingerprint density at radius 1 is 1.47 bits per heavy atom. The number of carboxylic acids is 1. The van der Waals surface area contributed by atoms with Crippen molar-refractivity contribution in [1.29, 1.82) is 0 Å². The van der Waals surface area contributed by atoms with Gasteiger partial charge in [0, 0.05) is 37.7 Å². The third kappa shape index (κ3) is 3.27. The van der Waals surface area contributed by atoms with Gasteiger partial charge >= 0.3 is 5.97 Å². The molecule has 0 aromatic carbocycles. The van der Waals surface area contributed by atoms with E-state index in [2.05, 4.69) is 10.2 Å². The molecule has 0 saturated heterocycles. The monoisotopic (exact) mass is 263 g/mol. The molecule has 0 saturated carbocycles. The Hall–Kier alpha value is -2.44. The zero-order valence-corrected chi connectivity index (χ0v) is 10.4. The summed E-state index contributed by atoms with van der Waals surface area (Å²) in [7, 11) is 1.65. The zero-order chi connectivity index (χ0) is 13.8. The van der Waals surface area contributed by atoms with E-state index in [1.807, 2.05) is 0 Å². The maximum Gasteiger partial charge on any atom is 0.303 e. The molecule has 0 spiro atoms. The summed E-state index contributed by atoms with van der Waals surface area (Å²) in [6.45, 7) is 0. The third-order valence-corrected chi connectivity index (χ3v) is 2.60. The summed E-state index contributed by atoms with van der Waals surface area (Å²) in [5, 5.41) is 16.2. The second-order valence-corrected chi connectivity index (χ2v) is 4.11. The van der Waals surface area contributed by atoms with Crippen LogP contribution < -0.4 is 5.56 Å². The van der Waals surface area contributed by atoms with Gasteiger partial charge in [-0.3, -0.25) is 9.59 Å². The van der Waals surface area contributed by atoms with Crippen molar-refractivity contribution in [3.05, 3.63) is 34.6 Å². The van der Waals surface area contributed by atoms with Crippen molar-refractivity contribution in [2.75, 3.05) is 0 Å². The zero-order valence-electron chi connectivity index (χ0n) is 10.4. The molecule has 0 radical (unpaired) electrons. The van der Waals surface area contributed by atoms with Crippen molar-refractivity contribution in [2.24, 2.45) is 7.05 Å². The normalized spacial score (nSPS) is 10.6. The highest BCUT2D eigenvalue weighted by molar-refractivity contribution is 5.66. The van der Waals surface area contributed by atoms with Crippen LogP contribution in [0.4, 0.5) is 0 Å². The lowest BCUT2D eigenvalue weighted by Gasteiger charge is -1.97. The van der Waals surface area contributed by atoms with Gasteiger partial charge in [0.2, 0.25) is 11.8 Å². The van der Waals surface area contributed by atoms with Crippen LogP contribution in [-0.2, 0) is 18.3 Å². The van der Waals surface area contributed by atoms with Crippen molar-refractivity contribution >= 4 is 5.97 Å². The van der Waals surface area contributed by atoms with Gasteiger partial charge in [-0.15, -0.1) is 10.2 Å². The first kappa shape index (κ1) is 13.0. The van der Waals surface area contributed by atoms with Crippen LogP contribution in [0, 0.1) is 0 Å². The smallest absolute Gasteiger partial charge is 0.303 e. The molecule has 100 valence electrons. The second kappa shape index (κ2) is 5.47. The summed E-state index contributed by atoms with van der Waals surface area (Å²) in [5.41, 5.74) is 0.392. The Kier molecular flexibility index (Phi) is 3.74. The van der Waals surface area contributed by atoms with Gasteiger partial charge in [0.15, 0.2) is 0 Å². The van der Waals surface area contributed by atoms with Crippen LogP contribution in [0.25, 0.3) is 11.5 Å². The van der Waals surface area contributed by atoms with Crippen LogP contribution >= 0.6 is 0 Å². The minimum Gasteiger partial charge on any atom is -0.481 e. The van der Waals surface area contributed by atoms with Crippen molar-refractivity contribution in [3.63, 3.8) is 0 Å². The van der Waals surface area contributed by atoms with E-state index in [-0.39, 0.29) is 17.9 Å². The SMILES string of the molecule is Cn1ccc(-c2nnc(CCCC(=O)O)o2)cc1=O. The van der Waals surface area contributed by atoms with E-state index in [1.165, 1.54) is 10.6 Å². The molecule has 0 atom stereocenters. The number of hydrogen-bond donors (Lipinski definition) is 1. The average molecular weight is 263 g/mol. The summed E-state index contributed by atoms with van der Waals surface area (Å²) >= 11 is 0. The molecule has 1 N–H and O–H groups in total. The topological polar surface area (TPSA) is 98.2 Å². The number of rotatable bonds is 5. The predicted molar refractivity (Wildman–Crippen MR) is 65.5 cm³/mol. The third-order valence-electron chi connectivity index (χ3n) is 2.60. The molecule has 7 heteroatoms. The summed E-state index contributed by atoms with van der Waals surface area (Å²) < 4.78 is 6.82. The number of aromatic nitrogens is 3. The van der Waals surface area contributed by atoms with Crippen LogP contribution in [-0.4, -0.2) is 25.8 Å². The number of aryl methyl sites for hydroxylation is 2. The van der Waals surface area contributed by atoms with Crippen LogP contribution in [0.1, 0.15) is 18.7 Å². The van der Waals surface area contributed by atoms with Gasteiger partial charge in [0.25, 0.3) is 5.56 Å². The average Bonchev–Trinajstić information content (AvgIpc) is 2.81. The fraction of sp³-hybridized carbons (Fsp3) is 0.333. The van der Waals surface area contributed by atoms with Crippen molar-refractivity contribution in [2.45, 2.75) is 19.3 Å². The van der Waals surface area contributed by atoms with Crippen LogP contribution in [0.2, 0.25) is 0 Å². The Labute approximate surface area is 108 Å². The summed E-state index contributed by atoms with van der Waals surface area (Å²) in [4.78, 5) is 21.9. The quantitative estimate of drug-likeness (QED) is 0.858. The van der Waals surface area contributed by atoms with E-state index >= 15 is 0 Å². The first-order chi connectivity index (χ1) is 9.06. The Morgan fingerprint density at radius 3 is 2.95 bits per heavy atom. The molecule has 2 heterocycles. The molecular formula is C12H13N3O4. The van der Waals surface area contributed by atoms with Crippen LogP contribution in [0.3, 0.4) is 0 Å². The molecule has 0 aliphatic heterocycles. The van der Waals surface area contributed by atoms with Crippen molar-refractivity contribution in [3.8, 4) is 11.5 Å². The van der Waals surface area contributed by atoms with E-state index in [4.69, 9.17) is 9.52 Å². The number of hydrogen-bond acceptors (Lipinski definition) is 5. The van der Waals surface area contributed by atoms with Gasteiger partial charge in [-0.1, -0.05) is 0 Å². The molecule has 2 aromatic heterocycles. The lowest BCUT2D eigenvalue weighted by atomic mass is 10.2. The van der Waals surface area contributed by atoms with Gasteiger partial charge in [0.1, 0.15) is 0 Å². The lowest BCUT2D eigenvalue weighted by molar-refractivity contribution is -0.137. The highest BCUT2D eigenvalue weighted by atomic mass is 16.4. The summed E-state index contributed by atoms with van der Waals surface area (Å²) in [6, 6.07) is 3.12. The number of carbonyl (C=O) groups is 1. The molecule has 0 fully saturated rings. The molecule has 2 rings (SSSR count). The van der Waals surface area contributed by atoms with Gasteiger partial charge in [-0.05, 0) is 12.5 Å². The summed E-state index contributed by atoms with van der Waals surface area (Å²) in [5.74, 6) is -0.216. The van der Waals surface area contributed by atoms with Crippen LogP contribution in [0.15, 0.2) is 27.5 Å². The van der Waals surface area contributed by atoms with E-state index in [9.17, 15) is 9.59 Å². The standard InChI is InChI=1S/C12H13N3O4/c1-15-6-5-8(7-10(15)16)12-14-13-9(19-12)3-2-4-11(17)18/h5-7H,2-4H2,1H3,(H,17,18). The maximum atomic E-state index is 11.5. The van der Waals surface area contributed by atoms with Gasteiger partial charge in [-0.25, -0.2) is 0 Å². The fourth-order valence-corrected chi connectivity index (χ4v) is 1.54. The van der Waals surface area contributed by atoms with Gasteiger partial charge in [0.05, 0.1) is 0 Å². The lowest BCUT2D eigenvalue weighted by Crippen LogP contribution is -2.14.